The molecule has 0 spiro atoms. The number of hydrogen-bond donors (Lipinski definition) is 1. The number of anilines is 1. The molecular formula is C19H14F3N5O. The van der Waals surface area contributed by atoms with Gasteiger partial charge in [-0.2, -0.15) is 4.52 Å². The maximum atomic E-state index is 14.1. The molecule has 0 amide bonds. The lowest BCUT2D eigenvalue weighted by Crippen LogP contribution is -2.13. The molecule has 9 heteroatoms. The van der Waals surface area contributed by atoms with Crippen LogP contribution in [0.4, 0.5) is 19.0 Å². The molecule has 2 aromatic carbocycles. The van der Waals surface area contributed by atoms with E-state index in [2.05, 4.69) is 20.6 Å². The van der Waals surface area contributed by atoms with Crippen molar-refractivity contribution in [3.05, 3.63) is 72.0 Å². The Hall–Kier alpha value is -3.62. The van der Waals surface area contributed by atoms with Crippen molar-refractivity contribution < 1.29 is 17.9 Å². The fraction of sp³-hybridized carbons (Fsp3) is 0.105. The second kappa shape index (κ2) is 7.55. The first-order valence-electron chi connectivity index (χ1n) is 8.41. The first kappa shape index (κ1) is 17.8. The van der Waals surface area contributed by atoms with E-state index < -0.39 is 17.5 Å². The van der Waals surface area contributed by atoms with Crippen LogP contribution in [0.3, 0.4) is 0 Å². The number of aromatic nitrogens is 4. The Morgan fingerprint density at radius 1 is 0.893 bits per heavy atom. The van der Waals surface area contributed by atoms with E-state index in [0.717, 1.165) is 12.1 Å². The minimum atomic E-state index is -0.967. The summed E-state index contributed by atoms with van der Waals surface area (Å²) in [6.45, 7) is 0.557. The van der Waals surface area contributed by atoms with E-state index in [9.17, 15) is 13.2 Å². The van der Waals surface area contributed by atoms with Gasteiger partial charge in [-0.15, -0.1) is 15.3 Å². The number of benzene rings is 2. The van der Waals surface area contributed by atoms with Crippen LogP contribution in [0.1, 0.15) is 0 Å². The Labute approximate surface area is 157 Å². The van der Waals surface area contributed by atoms with Crippen LogP contribution >= 0.6 is 0 Å². The largest absolute Gasteiger partial charge is 0.492 e. The van der Waals surface area contributed by atoms with Crippen molar-refractivity contribution in [2.24, 2.45) is 0 Å². The zero-order valence-electron chi connectivity index (χ0n) is 14.4. The number of halogens is 3. The van der Waals surface area contributed by atoms with E-state index in [1.54, 1.807) is 30.3 Å². The molecule has 0 radical (unpaired) electrons. The van der Waals surface area contributed by atoms with Crippen molar-refractivity contribution in [2.75, 3.05) is 18.5 Å². The zero-order valence-corrected chi connectivity index (χ0v) is 14.4. The standard InChI is InChI=1S/C19H14F3N5O/c20-14-4-2-1-3-13(14)19-25-24-18-8-7-17(26-27(18)19)23-9-10-28-12-5-6-15(21)16(22)11-12/h1-8,11H,9-10H2,(H,23,26). The van der Waals surface area contributed by atoms with Crippen molar-refractivity contribution >= 4 is 11.5 Å². The molecule has 0 saturated carbocycles. The first-order valence-corrected chi connectivity index (χ1v) is 8.41. The second-order valence-corrected chi connectivity index (χ2v) is 5.84. The van der Waals surface area contributed by atoms with Crippen molar-refractivity contribution in [1.29, 1.82) is 0 Å². The Morgan fingerprint density at radius 2 is 1.75 bits per heavy atom. The molecule has 2 aromatic heterocycles. The van der Waals surface area contributed by atoms with Crippen LogP contribution in [0.15, 0.2) is 54.6 Å². The zero-order chi connectivity index (χ0) is 19.5. The van der Waals surface area contributed by atoms with Gasteiger partial charge in [-0.05, 0) is 36.4 Å². The van der Waals surface area contributed by atoms with Gasteiger partial charge in [-0.25, -0.2) is 13.2 Å². The molecule has 28 heavy (non-hydrogen) atoms. The molecule has 1 N–H and O–H groups in total. The summed E-state index contributed by atoms with van der Waals surface area (Å²) >= 11 is 0. The fourth-order valence-corrected chi connectivity index (χ4v) is 2.61. The molecule has 0 bridgehead atoms. The Bertz CT molecular complexity index is 1130. The summed E-state index contributed by atoms with van der Waals surface area (Å²) in [5, 5.41) is 15.4. The molecular weight excluding hydrogens is 371 g/mol. The minimum Gasteiger partial charge on any atom is -0.492 e. The van der Waals surface area contributed by atoms with Crippen molar-refractivity contribution in [2.45, 2.75) is 0 Å². The van der Waals surface area contributed by atoms with Crippen LogP contribution < -0.4 is 10.1 Å². The lowest BCUT2D eigenvalue weighted by atomic mass is 10.2. The normalized spacial score (nSPS) is 11.0. The van der Waals surface area contributed by atoms with E-state index in [-0.39, 0.29) is 18.2 Å². The molecule has 0 fully saturated rings. The number of hydrogen-bond acceptors (Lipinski definition) is 5. The predicted octanol–water partition coefficient (Wildman–Crippen LogP) is 3.70. The summed E-state index contributed by atoms with van der Waals surface area (Å²) in [6.07, 6.45) is 0. The highest BCUT2D eigenvalue weighted by atomic mass is 19.2. The van der Waals surface area contributed by atoms with Gasteiger partial charge in [-0.3, -0.25) is 0 Å². The molecule has 0 atom stereocenters. The Morgan fingerprint density at radius 3 is 2.57 bits per heavy atom. The van der Waals surface area contributed by atoms with Crippen LogP contribution in [0.25, 0.3) is 17.0 Å². The van der Waals surface area contributed by atoms with E-state index in [1.165, 1.54) is 16.6 Å². The van der Waals surface area contributed by atoms with Gasteiger partial charge in [0.2, 0.25) is 0 Å². The number of nitrogens with one attached hydrogen (secondary N) is 1. The number of ether oxygens (including phenoxy) is 1. The van der Waals surface area contributed by atoms with E-state index >= 15 is 0 Å². The van der Waals surface area contributed by atoms with E-state index in [0.29, 0.717) is 23.6 Å². The van der Waals surface area contributed by atoms with Crippen molar-refractivity contribution in [1.82, 2.24) is 19.8 Å². The van der Waals surface area contributed by atoms with Crippen LogP contribution in [0.5, 0.6) is 5.75 Å². The molecule has 0 aliphatic rings. The number of fused-ring (bicyclic) bond motifs is 1. The van der Waals surface area contributed by atoms with Gasteiger partial charge in [0, 0.05) is 6.07 Å². The maximum absolute atomic E-state index is 14.1. The van der Waals surface area contributed by atoms with Gasteiger partial charge < -0.3 is 10.1 Å². The predicted molar refractivity (Wildman–Crippen MR) is 96.5 cm³/mol. The molecule has 0 unspecified atom stereocenters. The van der Waals surface area contributed by atoms with Gasteiger partial charge >= 0.3 is 0 Å². The summed E-state index contributed by atoms with van der Waals surface area (Å²) in [4.78, 5) is 0. The minimum absolute atomic E-state index is 0.202. The second-order valence-electron chi connectivity index (χ2n) is 5.84. The topological polar surface area (TPSA) is 64.3 Å². The Kier molecular flexibility index (Phi) is 4.79. The third-order valence-electron chi connectivity index (χ3n) is 3.95. The summed E-state index contributed by atoms with van der Waals surface area (Å²) in [5.41, 5.74) is 0.767. The monoisotopic (exact) mass is 385 g/mol. The molecule has 142 valence electrons. The highest BCUT2D eigenvalue weighted by molar-refractivity contribution is 5.60. The summed E-state index contributed by atoms with van der Waals surface area (Å²) in [6, 6.07) is 13.0. The lowest BCUT2D eigenvalue weighted by Gasteiger charge is -2.09. The van der Waals surface area contributed by atoms with Crippen LogP contribution in [0.2, 0.25) is 0 Å². The van der Waals surface area contributed by atoms with Gasteiger partial charge in [-0.1, -0.05) is 12.1 Å². The highest BCUT2D eigenvalue weighted by Crippen LogP contribution is 2.21. The van der Waals surface area contributed by atoms with Crippen molar-refractivity contribution in [3.8, 4) is 17.1 Å². The average molecular weight is 385 g/mol. The van der Waals surface area contributed by atoms with E-state index in [1.807, 2.05) is 0 Å². The van der Waals surface area contributed by atoms with Crippen molar-refractivity contribution in [3.63, 3.8) is 0 Å². The molecule has 4 rings (SSSR count). The van der Waals surface area contributed by atoms with Gasteiger partial charge in [0.1, 0.15) is 24.0 Å². The van der Waals surface area contributed by atoms with Gasteiger partial charge in [0.05, 0.1) is 12.1 Å². The summed E-state index contributed by atoms with van der Waals surface area (Å²) in [7, 11) is 0. The van der Waals surface area contributed by atoms with Crippen LogP contribution in [-0.4, -0.2) is 33.0 Å². The maximum Gasteiger partial charge on any atom is 0.188 e. The van der Waals surface area contributed by atoms with Gasteiger partial charge in [0.25, 0.3) is 0 Å². The van der Waals surface area contributed by atoms with Crippen LogP contribution in [0, 0.1) is 17.5 Å². The first-order chi connectivity index (χ1) is 13.6. The third kappa shape index (κ3) is 3.59. The van der Waals surface area contributed by atoms with Crippen LogP contribution in [-0.2, 0) is 0 Å². The highest BCUT2D eigenvalue weighted by Gasteiger charge is 2.13. The number of rotatable bonds is 6. The Balaban J connectivity index is 1.45. The number of nitrogens with zero attached hydrogens (tertiary/aromatic N) is 4. The summed E-state index contributed by atoms with van der Waals surface area (Å²) in [5.74, 6) is -1.30. The SMILES string of the molecule is Fc1ccc(OCCNc2ccc3nnc(-c4ccccc4F)n3n2)cc1F. The molecule has 4 aromatic rings. The average Bonchev–Trinajstić information content (AvgIpc) is 3.11. The molecule has 6 nitrogen and oxygen atoms in total. The van der Waals surface area contributed by atoms with Gasteiger partial charge in [0.15, 0.2) is 23.1 Å². The smallest absolute Gasteiger partial charge is 0.188 e. The summed E-state index contributed by atoms with van der Waals surface area (Å²) < 4.78 is 46.9. The molecule has 0 aliphatic heterocycles. The lowest BCUT2D eigenvalue weighted by molar-refractivity contribution is 0.329. The molecule has 2 heterocycles. The quantitative estimate of drug-likeness (QED) is 0.513. The van der Waals surface area contributed by atoms with E-state index in [4.69, 9.17) is 4.74 Å². The fourth-order valence-electron chi connectivity index (χ4n) is 2.61. The molecule has 0 saturated heterocycles. The molecule has 0 aliphatic carbocycles. The third-order valence-corrected chi connectivity index (χ3v) is 3.95.